The summed E-state index contributed by atoms with van der Waals surface area (Å²) < 4.78 is 23.4. The van der Waals surface area contributed by atoms with Crippen LogP contribution in [-0.4, -0.2) is 59.8 Å². The molecule has 1 N–H and O–H groups in total. The third kappa shape index (κ3) is 5.04. The summed E-state index contributed by atoms with van der Waals surface area (Å²) in [6.45, 7) is 3.30. The lowest BCUT2D eigenvalue weighted by atomic mass is 10.2. The van der Waals surface area contributed by atoms with Gasteiger partial charge in [0, 0.05) is 5.56 Å². The SMILES string of the molecule is COc1cc(/C=N/NC(=O)COc2nc(C)nc3c2c(C)nn3-c2ccccc2)cc(OC)c1OC. The number of carbonyl (C=O) groups is 1. The maximum atomic E-state index is 12.4. The van der Waals surface area contributed by atoms with Crippen molar-refractivity contribution in [3.8, 4) is 28.8 Å². The minimum atomic E-state index is -0.462. The second-order valence-electron chi connectivity index (χ2n) is 7.65. The largest absolute Gasteiger partial charge is 0.493 e. The number of aromatic nitrogens is 4. The number of hydrogen-bond acceptors (Lipinski definition) is 9. The molecule has 0 radical (unpaired) electrons. The van der Waals surface area contributed by atoms with Crippen LogP contribution < -0.4 is 24.4 Å². The molecule has 2 heterocycles. The number of aryl methyl sites for hydroxylation is 2. The number of hydrazone groups is 1. The van der Waals surface area contributed by atoms with E-state index in [1.165, 1.54) is 27.5 Å². The first-order valence-corrected chi connectivity index (χ1v) is 11.0. The quantitative estimate of drug-likeness (QED) is 0.281. The van der Waals surface area contributed by atoms with E-state index >= 15 is 0 Å². The van der Waals surface area contributed by atoms with Gasteiger partial charge in [0.1, 0.15) is 11.2 Å². The highest BCUT2D eigenvalue weighted by atomic mass is 16.5. The van der Waals surface area contributed by atoms with Crippen LogP contribution in [0.2, 0.25) is 0 Å². The van der Waals surface area contributed by atoms with Crippen LogP contribution in [0.3, 0.4) is 0 Å². The van der Waals surface area contributed by atoms with Crippen molar-refractivity contribution in [2.24, 2.45) is 5.10 Å². The van der Waals surface area contributed by atoms with E-state index in [0.717, 1.165) is 5.69 Å². The minimum Gasteiger partial charge on any atom is -0.493 e. The highest BCUT2D eigenvalue weighted by Crippen LogP contribution is 2.37. The van der Waals surface area contributed by atoms with Gasteiger partial charge in [-0.05, 0) is 38.1 Å². The molecule has 11 nitrogen and oxygen atoms in total. The highest BCUT2D eigenvalue weighted by Gasteiger charge is 2.18. The molecule has 186 valence electrons. The molecule has 2 aromatic carbocycles. The summed E-state index contributed by atoms with van der Waals surface area (Å²) >= 11 is 0. The summed E-state index contributed by atoms with van der Waals surface area (Å²) in [5.41, 5.74) is 5.23. The number of nitrogens with one attached hydrogen (secondary N) is 1. The molecular formula is C25H26N6O5. The van der Waals surface area contributed by atoms with Gasteiger partial charge in [-0.1, -0.05) is 18.2 Å². The molecule has 11 heteroatoms. The summed E-state index contributed by atoms with van der Waals surface area (Å²) in [6.07, 6.45) is 1.46. The van der Waals surface area contributed by atoms with Gasteiger partial charge in [-0.3, -0.25) is 4.79 Å². The Morgan fingerprint density at radius 3 is 2.36 bits per heavy atom. The summed E-state index contributed by atoms with van der Waals surface area (Å²) in [5, 5.41) is 9.23. The van der Waals surface area contributed by atoms with Crippen molar-refractivity contribution in [1.82, 2.24) is 25.2 Å². The van der Waals surface area contributed by atoms with Crippen molar-refractivity contribution < 1.29 is 23.7 Å². The molecule has 0 fully saturated rings. The Hall–Kier alpha value is -4.67. The van der Waals surface area contributed by atoms with E-state index in [1.54, 1.807) is 23.7 Å². The van der Waals surface area contributed by atoms with Crippen molar-refractivity contribution in [2.75, 3.05) is 27.9 Å². The minimum absolute atomic E-state index is 0.279. The second kappa shape index (κ2) is 10.7. The first kappa shape index (κ1) is 24.5. The van der Waals surface area contributed by atoms with E-state index in [1.807, 2.05) is 37.3 Å². The van der Waals surface area contributed by atoms with Crippen molar-refractivity contribution in [2.45, 2.75) is 13.8 Å². The van der Waals surface area contributed by atoms with Gasteiger partial charge in [-0.2, -0.15) is 15.2 Å². The number of hydrogen-bond donors (Lipinski definition) is 1. The highest BCUT2D eigenvalue weighted by molar-refractivity contribution is 5.86. The zero-order chi connectivity index (χ0) is 25.7. The van der Waals surface area contributed by atoms with Crippen LogP contribution in [0.15, 0.2) is 47.6 Å². The maximum Gasteiger partial charge on any atom is 0.278 e. The summed E-state index contributed by atoms with van der Waals surface area (Å²) in [6, 6.07) is 13.1. The van der Waals surface area contributed by atoms with Gasteiger partial charge in [0.2, 0.25) is 11.6 Å². The third-order valence-electron chi connectivity index (χ3n) is 5.21. The fourth-order valence-corrected chi connectivity index (χ4v) is 3.62. The van der Waals surface area contributed by atoms with Gasteiger partial charge in [-0.25, -0.2) is 15.1 Å². The molecule has 36 heavy (non-hydrogen) atoms. The van der Waals surface area contributed by atoms with Crippen LogP contribution in [-0.2, 0) is 4.79 Å². The molecule has 1 amide bonds. The molecule has 0 bridgehead atoms. The van der Waals surface area contributed by atoms with Crippen molar-refractivity contribution in [1.29, 1.82) is 0 Å². The number of amides is 1. The van der Waals surface area contributed by atoms with E-state index in [0.29, 0.717) is 45.4 Å². The van der Waals surface area contributed by atoms with Gasteiger partial charge in [0.15, 0.2) is 23.8 Å². The fraction of sp³-hybridized carbons (Fsp3) is 0.240. The van der Waals surface area contributed by atoms with Crippen LogP contribution in [0.1, 0.15) is 17.1 Å². The number of ether oxygens (including phenoxy) is 4. The number of carbonyl (C=O) groups excluding carboxylic acids is 1. The monoisotopic (exact) mass is 490 g/mol. The van der Waals surface area contributed by atoms with E-state index in [-0.39, 0.29) is 12.5 Å². The Kier molecular flexibility index (Phi) is 7.28. The lowest BCUT2D eigenvalue weighted by Gasteiger charge is -2.12. The van der Waals surface area contributed by atoms with E-state index in [2.05, 4.69) is 25.6 Å². The van der Waals surface area contributed by atoms with Crippen LogP contribution in [0, 0.1) is 13.8 Å². The van der Waals surface area contributed by atoms with Crippen molar-refractivity contribution in [3.63, 3.8) is 0 Å². The van der Waals surface area contributed by atoms with Gasteiger partial charge in [-0.15, -0.1) is 0 Å². The Morgan fingerprint density at radius 1 is 1.03 bits per heavy atom. The predicted molar refractivity (Wildman–Crippen MR) is 133 cm³/mol. The first-order chi connectivity index (χ1) is 17.4. The van der Waals surface area contributed by atoms with Crippen molar-refractivity contribution >= 4 is 23.2 Å². The molecule has 0 unspecified atom stereocenters. The van der Waals surface area contributed by atoms with E-state index in [9.17, 15) is 4.79 Å². The van der Waals surface area contributed by atoms with E-state index in [4.69, 9.17) is 18.9 Å². The molecule has 0 atom stereocenters. The van der Waals surface area contributed by atoms with Crippen LogP contribution in [0.25, 0.3) is 16.7 Å². The molecule has 4 aromatic rings. The lowest BCUT2D eigenvalue weighted by molar-refractivity contribution is -0.123. The van der Waals surface area contributed by atoms with Gasteiger partial charge in [0.05, 0.1) is 38.9 Å². The van der Waals surface area contributed by atoms with Gasteiger partial charge in [0.25, 0.3) is 5.91 Å². The maximum absolute atomic E-state index is 12.4. The normalized spacial score (nSPS) is 11.0. The summed E-state index contributed by atoms with van der Waals surface area (Å²) in [7, 11) is 4.57. The van der Waals surface area contributed by atoms with E-state index < -0.39 is 5.91 Å². The van der Waals surface area contributed by atoms with Crippen LogP contribution in [0.5, 0.6) is 23.1 Å². The smallest absolute Gasteiger partial charge is 0.278 e. The second-order valence-corrected chi connectivity index (χ2v) is 7.65. The topological polar surface area (TPSA) is 122 Å². The standard InChI is InChI=1S/C25H26N6O5/c1-15-22-24(31(30-15)18-9-7-6-8-10-18)27-16(2)28-25(22)36-14-21(32)29-26-13-17-11-19(33-3)23(35-5)20(12-17)34-4/h6-13H,14H2,1-5H3,(H,29,32)/b26-13+. The number of fused-ring (bicyclic) bond motifs is 1. The molecule has 4 rings (SSSR count). The molecule has 0 aliphatic heterocycles. The molecule has 0 spiro atoms. The third-order valence-corrected chi connectivity index (χ3v) is 5.21. The molecule has 0 saturated carbocycles. The fourth-order valence-electron chi connectivity index (χ4n) is 3.62. The van der Waals surface area contributed by atoms with Gasteiger partial charge >= 0.3 is 0 Å². The zero-order valence-electron chi connectivity index (χ0n) is 20.6. The first-order valence-electron chi connectivity index (χ1n) is 11.0. The Morgan fingerprint density at radius 2 is 1.72 bits per heavy atom. The predicted octanol–water partition coefficient (Wildman–Crippen LogP) is 2.99. The molecule has 0 saturated heterocycles. The molecule has 0 aliphatic rings. The Bertz CT molecular complexity index is 1390. The molecular weight excluding hydrogens is 464 g/mol. The average molecular weight is 491 g/mol. The summed E-state index contributed by atoms with van der Waals surface area (Å²) in [4.78, 5) is 21.3. The zero-order valence-corrected chi connectivity index (χ0v) is 20.6. The summed E-state index contributed by atoms with van der Waals surface area (Å²) in [5.74, 6) is 1.73. The number of methoxy groups -OCH3 is 3. The van der Waals surface area contributed by atoms with Crippen LogP contribution >= 0.6 is 0 Å². The lowest BCUT2D eigenvalue weighted by Crippen LogP contribution is -2.25. The van der Waals surface area contributed by atoms with Gasteiger partial charge < -0.3 is 18.9 Å². The molecule has 2 aromatic heterocycles. The number of para-hydroxylation sites is 1. The molecule has 0 aliphatic carbocycles. The van der Waals surface area contributed by atoms with Crippen LogP contribution in [0.4, 0.5) is 0 Å². The Labute approximate surface area is 207 Å². The number of benzene rings is 2. The number of nitrogens with zero attached hydrogens (tertiary/aromatic N) is 5. The average Bonchev–Trinajstić information content (AvgIpc) is 3.23. The number of rotatable bonds is 9. The Balaban J connectivity index is 1.48. The van der Waals surface area contributed by atoms with Crippen molar-refractivity contribution in [3.05, 3.63) is 59.5 Å².